The third-order valence-electron chi connectivity index (χ3n) is 7.61. The third-order valence-corrected chi connectivity index (χ3v) is 10.2. The zero-order valence-electron chi connectivity index (χ0n) is 19.8. The molecule has 0 bridgehead atoms. The van der Waals surface area contributed by atoms with Gasteiger partial charge in [-0.05, 0) is 50.0 Å². The first-order valence-electron chi connectivity index (χ1n) is 12.1. The molecule has 1 aromatic rings. The number of ether oxygens (including phenoxy) is 1. The van der Waals surface area contributed by atoms with E-state index in [4.69, 9.17) is 16.3 Å². The topological polar surface area (TPSA) is 80.7 Å². The molecular formula is C25H36ClFO5S. The van der Waals surface area contributed by atoms with Crippen molar-refractivity contribution in [1.29, 1.82) is 0 Å². The van der Waals surface area contributed by atoms with Crippen LogP contribution in [0.25, 0.3) is 0 Å². The molecule has 0 aromatic heterocycles. The molecule has 0 amide bonds. The van der Waals surface area contributed by atoms with E-state index in [0.717, 1.165) is 43.7 Å². The van der Waals surface area contributed by atoms with E-state index >= 15 is 0 Å². The number of aliphatic carboxylic acids is 1. The Kier molecular flexibility index (Phi) is 8.37. The van der Waals surface area contributed by atoms with Gasteiger partial charge in [0.2, 0.25) is 0 Å². The van der Waals surface area contributed by atoms with Gasteiger partial charge < -0.3 is 9.84 Å². The van der Waals surface area contributed by atoms with Crippen LogP contribution in [0.2, 0.25) is 5.02 Å². The molecule has 1 aromatic carbocycles. The van der Waals surface area contributed by atoms with Gasteiger partial charge in [0.15, 0.2) is 9.84 Å². The third kappa shape index (κ3) is 6.02. The van der Waals surface area contributed by atoms with Gasteiger partial charge >= 0.3 is 5.97 Å². The lowest BCUT2D eigenvalue weighted by atomic mass is 9.71. The van der Waals surface area contributed by atoms with Crippen LogP contribution in [0.4, 0.5) is 4.39 Å². The molecule has 0 heterocycles. The van der Waals surface area contributed by atoms with Gasteiger partial charge in [-0.15, -0.1) is 0 Å². The highest BCUT2D eigenvalue weighted by molar-refractivity contribution is 7.92. The maximum absolute atomic E-state index is 15.0. The molecule has 1 N–H and O–H groups in total. The molecule has 0 spiro atoms. The fourth-order valence-electron chi connectivity index (χ4n) is 5.72. The number of carboxylic acid groups (broad SMARTS) is 1. The molecule has 2 aliphatic carbocycles. The standard InChI is InChI=1S/C25H36ClFO5S/c1-4-17-11-16(2)7-6-10-25(3,14-17)15-32-21-13-20(27)23(12-19(21)26)33(30,31)22-9-5-8-18(22)24(28)29/h12-13,16-18,22H,4-11,14-15H2,1-3H3,(H,28,29)/t16?,17-,18+,22+,25?/m0/s1. The Hall–Kier alpha value is -1.34. The van der Waals surface area contributed by atoms with Crippen LogP contribution in [0.3, 0.4) is 0 Å². The molecule has 0 aliphatic heterocycles. The van der Waals surface area contributed by atoms with Crippen molar-refractivity contribution in [3.05, 3.63) is 23.0 Å². The van der Waals surface area contributed by atoms with Gasteiger partial charge in [-0.2, -0.15) is 0 Å². The van der Waals surface area contributed by atoms with Crippen LogP contribution in [0.5, 0.6) is 5.75 Å². The quantitative estimate of drug-likeness (QED) is 0.459. The number of hydrogen-bond donors (Lipinski definition) is 1. The number of carboxylic acids is 1. The number of rotatable bonds is 7. The zero-order chi connectivity index (χ0) is 24.4. The van der Waals surface area contributed by atoms with Gasteiger partial charge in [0, 0.05) is 11.5 Å². The van der Waals surface area contributed by atoms with E-state index in [9.17, 15) is 22.7 Å². The summed E-state index contributed by atoms with van der Waals surface area (Å²) in [6.45, 7) is 7.10. The van der Waals surface area contributed by atoms with Crippen molar-refractivity contribution < 1.29 is 27.4 Å². The first kappa shape index (κ1) is 26.3. The van der Waals surface area contributed by atoms with Gasteiger partial charge in [-0.25, -0.2) is 12.8 Å². The highest BCUT2D eigenvalue weighted by Crippen LogP contribution is 2.42. The van der Waals surface area contributed by atoms with E-state index in [0.29, 0.717) is 18.9 Å². The van der Waals surface area contributed by atoms with Crippen LogP contribution in [0, 0.1) is 29.0 Å². The molecule has 2 saturated carbocycles. The van der Waals surface area contributed by atoms with Crippen LogP contribution in [-0.2, 0) is 14.6 Å². The monoisotopic (exact) mass is 502 g/mol. The van der Waals surface area contributed by atoms with Crippen LogP contribution < -0.4 is 4.74 Å². The predicted octanol–water partition coefficient (Wildman–Crippen LogP) is 6.52. The SMILES string of the molecule is CC[C@H]1CC(C)CCCC(C)(COc2cc(F)c(S(=O)(=O)[C@@H]3CCC[C@H]3C(=O)O)cc2Cl)C1. The van der Waals surface area contributed by atoms with E-state index < -0.39 is 37.7 Å². The molecule has 2 fully saturated rings. The highest BCUT2D eigenvalue weighted by atomic mass is 35.5. The first-order valence-corrected chi connectivity index (χ1v) is 14.0. The second-order valence-corrected chi connectivity index (χ2v) is 13.0. The van der Waals surface area contributed by atoms with E-state index in [-0.39, 0.29) is 29.0 Å². The average molecular weight is 503 g/mol. The molecule has 2 unspecified atom stereocenters. The average Bonchev–Trinajstić information content (AvgIpc) is 3.23. The Bertz CT molecular complexity index is 966. The van der Waals surface area contributed by atoms with Crippen LogP contribution in [-0.4, -0.2) is 31.4 Å². The number of sulfone groups is 1. The number of halogens is 2. The lowest BCUT2D eigenvalue weighted by molar-refractivity contribution is -0.141. The molecule has 0 radical (unpaired) electrons. The second kappa shape index (κ2) is 10.5. The molecule has 186 valence electrons. The Balaban J connectivity index is 1.78. The molecule has 0 saturated heterocycles. The van der Waals surface area contributed by atoms with Crippen molar-refractivity contribution in [1.82, 2.24) is 0 Å². The van der Waals surface area contributed by atoms with E-state index in [1.807, 2.05) is 0 Å². The Morgan fingerprint density at radius 2 is 2.00 bits per heavy atom. The minimum absolute atomic E-state index is 0.0231. The van der Waals surface area contributed by atoms with Crippen molar-refractivity contribution in [2.45, 2.75) is 88.7 Å². The van der Waals surface area contributed by atoms with Crippen molar-refractivity contribution in [3.8, 4) is 5.75 Å². The predicted molar refractivity (Wildman–Crippen MR) is 127 cm³/mol. The van der Waals surface area contributed by atoms with Gasteiger partial charge in [0.25, 0.3) is 0 Å². The smallest absolute Gasteiger partial charge is 0.307 e. The zero-order valence-corrected chi connectivity index (χ0v) is 21.4. The maximum atomic E-state index is 15.0. The summed E-state index contributed by atoms with van der Waals surface area (Å²) in [5.74, 6) is -1.69. The summed E-state index contributed by atoms with van der Waals surface area (Å²) in [6.07, 6.45) is 7.60. The summed E-state index contributed by atoms with van der Waals surface area (Å²) < 4.78 is 47.1. The summed E-state index contributed by atoms with van der Waals surface area (Å²) in [4.78, 5) is 10.9. The maximum Gasteiger partial charge on any atom is 0.307 e. The molecule has 3 rings (SSSR count). The van der Waals surface area contributed by atoms with Gasteiger partial charge in [-0.3, -0.25) is 4.79 Å². The summed E-state index contributed by atoms with van der Waals surface area (Å²) in [5.41, 5.74) is -0.0655. The molecule has 5 atom stereocenters. The van der Waals surface area contributed by atoms with Crippen LogP contribution in [0.15, 0.2) is 17.0 Å². The molecule has 5 nitrogen and oxygen atoms in total. The minimum atomic E-state index is -4.17. The summed E-state index contributed by atoms with van der Waals surface area (Å²) in [7, 11) is -4.17. The van der Waals surface area contributed by atoms with Crippen molar-refractivity contribution in [3.63, 3.8) is 0 Å². The van der Waals surface area contributed by atoms with Gasteiger partial charge in [0.1, 0.15) is 16.5 Å². The van der Waals surface area contributed by atoms with Gasteiger partial charge in [-0.1, -0.05) is 58.1 Å². The number of carbonyl (C=O) groups is 1. The number of hydrogen-bond acceptors (Lipinski definition) is 4. The Morgan fingerprint density at radius 3 is 2.67 bits per heavy atom. The molecule has 33 heavy (non-hydrogen) atoms. The van der Waals surface area contributed by atoms with Crippen molar-refractivity contribution >= 4 is 27.4 Å². The fraction of sp³-hybridized carbons (Fsp3) is 0.720. The largest absolute Gasteiger partial charge is 0.491 e. The van der Waals surface area contributed by atoms with Crippen LogP contribution >= 0.6 is 11.6 Å². The second-order valence-electron chi connectivity index (χ2n) is 10.5. The summed E-state index contributed by atoms with van der Waals surface area (Å²) in [6, 6.07) is 2.11. The Labute approximate surface area is 202 Å². The van der Waals surface area contributed by atoms with Crippen LogP contribution in [0.1, 0.15) is 78.6 Å². The first-order chi connectivity index (χ1) is 15.5. The van der Waals surface area contributed by atoms with Crippen molar-refractivity contribution in [2.75, 3.05) is 6.61 Å². The van der Waals surface area contributed by atoms with Crippen molar-refractivity contribution in [2.24, 2.45) is 23.2 Å². The molecular weight excluding hydrogens is 467 g/mol. The molecule has 8 heteroatoms. The summed E-state index contributed by atoms with van der Waals surface area (Å²) >= 11 is 6.34. The van der Waals surface area contributed by atoms with E-state index in [1.54, 1.807) is 0 Å². The van der Waals surface area contributed by atoms with E-state index in [1.165, 1.54) is 12.8 Å². The lowest BCUT2D eigenvalue weighted by Gasteiger charge is -2.36. The summed E-state index contributed by atoms with van der Waals surface area (Å²) in [5, 5.41) is 8.24. The lowest BCUT2D eigenvalue weighted by Crippen LogP contribution is -2.31. The fourth-order valence-corrected chi connectivity index (χ4v) is 8.11. The van der Waals surface area contributed by atoms with E-state index in [2.05, 4.69) is 20.8 Å². The number of benzene rings is 1. The van der Waals surface area contributed by atoms with Gasteiger partial charge in [0.05, 0.1) is 22.8 Å². The minimum Gasteiger partial charge on any atom is -0.491 e. The normalized spacial score (nSPS) is 31.1. The molecule has 2 aliphatic rings. The highest BCUT2D eigenvalue weighted by Gasteiger charge is 2.43. The Morgan fingerprint density at radius 1 is 1.27 bits per heavy atom.